The molecule has 1 fully saturated rings. The molecule has 1 aliphatic rings. The number of nitrogens with one attached hydrogen (secondary N) is 1. The molecular weight excluding hydrogens is 252 g/mol. The molecule has 0 aromatic carbocycles. The highest BCUT2D eigenvalue weighted by Gasteiger charge is 2.24. The van der Waals surface area contributed by atoms with E-state index < -0.39 is 0 Å². The molecule has 0 aliphatic carbocycles. The highest BCUT2D eigenvalue weighted by molar-refractivity contribution is 5.37. The van der Waals surface area contributed by atoms with Crippen molar-refractivity contribution in [1.82, 2.24) is 14.9 Å². The Balaban J connectivity index is 2.12. The van der Waals surface area contributed by atoms with Crippen molar-refractivity contribution in [2.24, 2.45) is 0 Å². The first-order valence-corrected chi connectivity index (χ1v) is 7.57. The standard InChI is InChI=1S/C15H26N4O/c1-5-19-8-6-7-12(19)10-18(4)13-9-14(20)17-15(16-13)11(2)3/h9,11-12H,5-8,10H2,1-4H3,(H,16,17,20). The zero-order valence-electron chi connectivity index (χ0n) is 13.0. The van der Waals surface area contributed by atoms with E-state index in [2.05, 4.69) is 26.7 Å². The maximum Gasteiger partial charge on any atom is 0.252 e. The number of rotatable bonds is 5. The molecule has 1 atom stereocenters. The largest absolute Gasteiger partial charge is 0.358 e. The van der Waals surface area contributed by atoms with Crippen LogP contribution >= 0.6 is 0 Å². The molecule has 20 heavy (non-hydrogen) atoms. The minimum Gasteiger partial charge on any atom is -0.358 e. The quantitative estimate of drug-likeness (QED) is 0.892. The fourth-order valence-corrected chi connectivity index (χ4v) is 2.86. The maximum absolute atomic E-state index is 11.7. The Morgan fingerprint density at radius 1 is 1.55 bits per heavy atom. The zero-order valence-corrected chi connectivity index (χ0v) is 13.0. The van der Waals surface area contributed by atoms with Gasteiger partial charge < -0.3 is 9.88 Å². The van der Waals surface area contributed by atoms with Crippen LogP contribution in [0.15, 0.2) is 10.9 Å². The van der Waals surface area contributed by atoms with Gasteiger partial charge in [0.1, 0.15) is 11.6 Å². The smallest absolute Gasteiger partial charge is 0.252 e. The number of likely N-dealkylation sites (tertiary alicyclic amines) is 1. The molecule has 1 unspecified atom stereocenters. The van der Waals surface area contributed by atoms with Crippen LogP contribution in [-0.4, -0.2) is 47.6 Å². The lowest BCUT2D eigenvalue weighted by molar-refractivity contribution is 0.270. The minimum absolute atomic E-state index is 0.0654. The van der Waals surface area contributed by atoms with Gasteiger partial charge in [-0.1, -0.05) is 20.8 Å². The van der Waals surface area contributed by atoms with E-state index in [9.17, 15) is 4.79 Å². The van der Waals surface area contributed by atoms with Gasteiger partial charge in [0, 0.05) is 31.6 Å². The van der Waals surface area contributed by atoms with Gasteiger partial charge in [-0.2, -0.15) is 0 Å². The summed E-state index contributed by atoms with van der Waals surface area (Å²) in [7, 11) is 2.03. The molecule has 112 valence electrons. The van der Waals surface area contributed by atoms with Gasteiger partial charge in [0.05, 0.1) is 0 Å². The van der Waals surface area contributed by atoms with E-state index in [4.69, 9.17) is 0 Å². The van der Waals surface area contributed by atoms with Crippen LogP contribution in [0, 0.1) is 0 Å². The molecule has 0 amide bonds. The third-order valence-corrected chi connectivity index (χ3v) is 4.07. The van der Waals surface area contributed by atoms with Crippen LogP contribution in [-0.2, 0) is 0 Å². The second kappa shape index (κ2) is 6.39. The fraction of sp³-hybridized carbons (Fsp3) is 0.733. The summed E-state index contributed by atoms with van der Waals surface area (Å²) in [5.74, 6) is 1.77. The van der Waals surface area contributed by atoms with Crippen molar-refractivity contribution in [3.05, 3.63) is 22.2 Å². The number of hydrogen-bond acceptors (Lipinski definition) is 4. The molecular formula is C15H26N4O. The number of aromatic amines is 1. The molecule has 5 heteroatoms. The molecule has 2 rings (SSSR count). The third kappa shape index (κ3) is 3.39. The van der Waals surface area contributed by atoms with Crippen LogP contribution in [0.25, 0.3) is 0 Å². The van der Waals surface area contributed by atoms with Crippen molar-refractivity contribution in [2.75, 3.05) is 31.6 Å². The molecule has 1 saturated heterocycles. The van der Waals surface area contributed by atoms with Gasteiger partial charge in [0.25, 0.3) is 5.56 Å². The lowest BCUT2D eigenvalue weighted by Gasteiger charge is -2.28. The SMILES string of the molecule is CCN1CCCC1CN(C)c1cc(=O)[nH]c(C(C)C)n1. The van der Waals surface area contributed by atoms with Crippen molar-refractivity contribution in [2.45, 2.75) is 45.6 Å². The molecule has 0 bridgehead atoms. The van der Waals surface area contributed by atoms with Crippen LogP contribution in [0.3, 0.4) is 0 Å². The lowest BCUT2D eigenvalue weighted by atomic mass is 10.2. The number of likely N-dealkylation sites (N-methyl/N-ethyl adjacent to an activating group) is 2. The van der Waals surface area contributed by atoms with Crippen LogP contribution in [0.4, 0.5) is 5.82 Å². The summed E-state index contributed by atoms with van der Waals surface area (Å²) >= 11 is 0. The molecule has 1 aromatic heterocycles. The number of hydrogen-bond donors (Lipinski definition) is 1. The van der Waals surface area contributed by atoms with Gasteiger partial charge in [0.2, 0.25) is 0 Å². The summed E-state index contributed by atoms with van der Waals surface area (Å²) in [4.78, 5) is 23.8. The molecule has 1 aromatic rings. The van der Waals surface area contributed by atoms with Crippen LogP contribution < -0.4 is 10.5 Å². The summed E-state index contributed by atoms with van der Waals surface area (Å²) < 4.78 is 0. The number of H-pyrrole nitrogens is 1. The third-order valence-electron chi connectivity index (χ3n) is 4.07. The normalized spacial score (nSPS) is 19.8. The predicted octanol–water partition coefficient (Wildman–Crippen LogP) is 1.81. The van der Waals surface area contributed by atoms with Crippen LogP contribution in [0.2, 0.25) is 0 Å². The Labute approximate surface area is 121 Å². The summed E-state index contributed by atoms with van der Waals surface area (Å²) in [5.41, 5.74) is -0.0654. The van der Waals surface area contributed by atoms with Gasteiger partial charge in [-0.25, -0.2) is 4.98 Å². The first kappa shape index (κ1) is 15.0. The lowest BCUT2D eigenvalue weighted by Crippen LogP contribution is -2.39. The van der Waals surface area contributed by atoms with Crippen molar-refractivity contribution in [3.63, 3.8) is 0 Å². The van der Waals surface area contributed by atoms with Gasteiger partial charge >= 0.3 is 0 Å². The Morgan fingerprint density at radius 2 is 2.30 bits per heavy atom. The van der Waals surface area contributed by atoms with Crippen molar-refractivity contribution in [3.8, 4) is 0 Å². The fourth-order valence-electron chi connectivity index (χ4n) is 2.86. The molecule has 0 saturated carbocycles. The van der Waals surface area contributed by atoms with Gasteiger partial charge in [-0.15, -0.1) is 0 Å². The molecule has 1 aliphatic heterocycles. The van der Waals surface area contributed by atoms with E-state index in [0.29, 0.717) is 6.04 Å². The summed E-state index contributed by atoms with van der Waals surface area (Å²) in [6.45, 7) is 9.51. The summed E-state index contributed by atoms with van der Waals surface area (Å²) in [6, 6.07) is 2.17. The number of aromatic nitrogens is 2. The Morgan fingerprint density at radius 3 is 2.95 bits per heavy atom. The highest BCUT2D eigenvalue weighted by atomic mass is 16.1. The Kier molecular flexibility index (Phi) is 4.81. The van der Waals surface area contributed by atoms with Crippen molar-refractivity contribution in [1.29, 1.82) is 0 Å². The first-order valence-electron chi connectivity index (χ1n) is 7.57. The number of nitrogens with zero attached hydrogens (tertiary/aromatic N) is 3. The second-order valence-corrected chi connectivity index (χ2v) is 5.95. The van der Waals surface area contributed by atoms with Gasteiger partial charge in [-0.05, 0) is 25.9 Å². The van der Waals surface area contributed by atoms with E-state index in [0.717, 1.165) is 24.7 Å². The Bertz CT molecular complexity index is 497. The minimum atomic E-state index is -0.0654. The molecule has 5 nitrogen and oxygen atoms in total. The van der Waals surface area contributed by atoms with Gasteiger partial charge in [-0.3, -0.25) is 9.69 Å². The van der Waals surface area contributed by atoms with Crippen LogP contribution in [0.1, 0.15) is 45.4 Å². The van der Waals surface area contributed by atoms with E-state index in [1.807, 2.05) is 20.9 Å². The average molecular weight is 278 g/mol. The molecule has 2 heterocycles. The van der Waals surface area contributed by atoms with E-state index in [1.54, 1.807) is 6.07 Å². The topological polar surface area (TPSA) is 52.2 Å². The highest BCUT2D eigenvalue weighted by Crippen LogP contribution is 2.19. The molecule has 0 radical (unpaired) electrons. The summed E-state index contributed by atoms with van der Waals surface area (Å²) in [5, 5.41) is 0. The van der Waals surface area contributed by atoms with Crippen molar-refractivity contribution < 1.29 is 0 Å². The molecule has 1 N–H and O–H groups in total. The van der Waals surface area contributed by atoms with Gasteiger partial charge in [0.15, 0.2) is 0 Å². The van der Waals surface area contributed by atoms with E-state index in [-0.39, 0.29) is 11.5 Å². The van der Waals surface area contributed by atoms with E-state index >= 15 is 0 Å². The Hall–Kier alpha value is -1.36. The second-order valence-electron chi connectivity index (χ2n) is 5.95. The molecule has 0 spiro atoms. The van der Waals surface area contributed by atoms with E-state index in [1.165, 1.54) is 19.4 Å². The van der Waals surface area contributed by atoms with Crippen LogP contribution in [0.5, 0.6) is 0 Å². The maximum atomic E-state index is 11.7. The average Bonchev–Trinajstić information content (AvgIpc) is 2.85. The monoisotopic (exact) mass is 278 g/mol. The first-order chi connectivity index (χ1) is 9.51. The zero-order chi connectivity index (χ0) is 14.7. The van der Waals surface area contributed by atoms with Crippen molar-refractivity contribution >= 4 is 5.82 Å². The summed E-state index contributed by atoms with van der Waals surface area (Å²) in [6.07, 6.45) is 2.50. The predicted molar refractivity (Wildman–Crippen MR) is 82.5 cm³/mol. The number of anilines is 1.